The van der Waals surface area contributed by atoms with Gasteiger partial charge >= 0.3 is 0 Å². The molecule has 0 heterocycles. The number of carbonyl (C=O) groups excluding carboxylic acids is 3. The highest BCUT2D eigenvalue weighted by Gasteiger charge is 2.11. The SMILES string of the molecule is CCc1ccccc1NC(=O)CNC(=O)CN(C)Cc1ccc(C(=O)NC)cc1. The highest BCUT2D eigenvalue weighted by molar-refractivity contribution is 5.95. The number of amides is 3. The molecule has 0 spiro atoms. The number of nitrogens with zero attached hydrogens (tertiary/aromatic N) is 1. The van der Waals surface area contributed by atoms with Crippen LogP contribution in [0.4, 0.5) is 5.69 Å². The van der Waals surface area contributed by atoms with E-state index in [0.29, 0.717) is 12.1 Å². The number of anilines is 1. The molecule has 154 valence electrons. The van der Waals surface area contributed by atoms with Gasteiger partial charge in [-0.1, -0.05) is 37.3 Å². The Kier molecular flexibility index (Phi) is 8.36. The topological polar surface area (TPSA) is 90.5 Å². The van der Waals surface area contributed by atoms with Crippen LogP contribution in [-0.4, -0.2) is 49.8 Å². The Labute approximate surface area is 171 Å². The van der Waals surface area contributed by atoms with E-state index in [4.69, 9.17) is 0 Å². The quantitative estimate of drug-likeness (QED) is 0.603. The number of hydrogen-bond acceptors (Lipinski definition) is 4. The molecule has 0 unspecified atom stereocenters. The van der Waals surface area contributed by atoms with Crippen molar-refractivity contribution in [1.82, 2.24) is 15.5 Å². The van der Waals surface area contributed by atoms with Crippen molar-refractivity contribution in [1.29, 1.82) is 0 Å². The van der Waals surface area contributed by atoms with Crippen molar-refractivity contribution in [3.05, 3.63) is 65.2 Å². The van der Waals surface area contributed by atoms with E-state index in [2.05, 4.69) is 16.0 Å². The maximum absolute atomic E-state index is 12.1. The first kappa shape index (κ1) is 22.1. The third kappa shape index (κ3) is 7.04. The lowest BCUT2D eigenvalue weighted by molar-refractivity contribution is -0.124. The highest BCUT2D eigenvalue weighted by atomic mass is 16.2. The average molecular weight is 396 g/mol. The van der Waals surface area contributed by atoms with Gasteiger partial charge in [-0.3, -0.25) is 19.3 Å². The molecule has 3 amide bonds. The fourth-order valence-electron chi connectivity index (χ4n) is 2.90. The number of rotatable bonds is 9. The molecule has 3 N–H and O–H groups in total. The van der Waals surface area contributed by atoms with Gasteiger partial charge in [-0.25, -0.2) is 0 Å². The van der Waals surface area contributed by atoms with Gasteiger partial charge in [0, 0.05) is 24.8 Å². The normalized spacial score (nSPS) is 10.5. The van der Waals surface area contributed by atoms with Crippen molar-refractivity contribution >= 4 is 23.4 Å². The van der Waals surface area contributed by atoms with Crippen molar-refractivity contribution in [3.8, 4) is 0 Å². The molecule has 29 heavy (non-hydrogen) atoms. The largest absolute Gasteiger partial charge is 0.355 e. The summed E-state index contributed by atoms with van der Waals surface area (Å²) in [6.07, 6.45) is 0.817. The van der Waals surface area contributed by atoms with E-state index in [1.54, 1.807) is 19.2 Å². The number of benzene rings is 2. The van der Waals surface area contributed by atoms with Crippen LogP contribution in [-0.2, 0) is 22.6 Å². The van der Waals surface area contributed by atoms with Crippen LogP contribution in [0, 0.1) is 0 Å². The van der Waals surface area contributed by atoms with Crippen LogP contribution in [0.25, 0.3) is 0 Å². The number of nitrogens with one attached hydrogen (secondary N) is 3. The Balaban J connectivity index is 1.76. The first-order valence-corrected chi connectivity index (χ1v) is 9.57. The van der Waals surface area contributed by atoms with Crippen LogP contribution in [0.15, 0.2) is 48.5 Å². The van der Waals surface area contributed by atoms with Gasteiger partial charge in [-0.05, 0) is 42.8 Å². The molecule has 0 atom stereocenters. The van der Waals surface area contributed by atoms with Crippen molar-refractivity contribution in [2.24, 2.45) is 0 Å². The lowest BCUT2D eigenvalue weighted by Crippen LogP contribution is -2.39. The zero-order chi connectivity index (χ0) is 21.2. The molecule has 0 aliphatic heterocycles. The maximum atomic E-state index is 12.1. The summed E-state index contributed by atoms with van der Waals surface area (Å²) in [4.78, 5) is 37.6. The number of likely N-dealkylation sites (N-methyl/N-ethyl adjacent to an activating group) is 1. The Bertz CT molecular complexity index is 849. The minimum atomic E-state index is -0.258. The second kappa shape index (κ2) is 11.0. The van der Waals surface area contributed by atoms with Crippen LogP contribution in [0.5, 0.6) is 0 Å². The monoisotopic (exact) mass is 396 g/mol. The van der Waals surface area contributed by atoms with Crippen molar-refractivity contribution in [3.63, 3.8) is 0 Å². The van der Waals surface area contributed by atoms with Gasteiger partial charge in [0.25, 0.3) is 5.91 Å². The lowest BCUT2D eigenvalue weighted by Gasteiger charge is -2.16. The van der Waals surface area contributed by atoms with E-state index in [1.807, 2.05) is 55.3 Å². The predicted molar refractivity (Wildman–Crippen MR) is 114 cm³/mol. The third-order valence-electron chi connectivity index (χ3n) is 4.43. The highest BCUT2D eigenvalue weighted by Crippen LogP contribution is 2.15. The van der Waals surface area contributed by atoms with Gasteiger partial charge in [0.15, 0.2) is 0 Å². The molecule has 2 aromatic rings. The fourth-order valence-corrected chi connectivity index (χ4v) is 2.90. The lowest BCUT2D eigenvalue weighted by atomic mass is 10.1. The summed E-state index contributed by atoms with van der Waals surface area (Å²) < 4.78 is 0. The molecule has 2 aromatic carbocycles. The predicted octanol–water partition coefficient (Wildman–Crippen LogP) is 1.80. The van der Waals surface area contributed by atoms with Gasteiger partial charge in [-0.2, -0.15) is 0 Å². The number of hydrogen-bond donors (Lipinski definition) is 3. The van der Waals surface area contributed by atoms with Crippen LogP contribution in [0.3, 0.4) is 0 Å². The molecule has 0 aromatic heterocycles. The van der Waals surface area contributed by atoms with E-state index in [1.165, 1.54) is 0 Å². The van der Waals surface area contributed by atoms with Crippen LogP contribution in [0.2, 0.25) is 0 Å². The Morgan fingerprint density at radius 2 is 1.66 bits per heavy atom. The van der Waals surface area contributed by atoms with Gasteiger partial charge in [0.1, 0.15) is 0 Å². The Hall–Kier alpha value is -3.19. The van der Waals surface area contributed by atoms with Crippen LogP contribution >= 0.6 is 0 Å². The average Bonchev–Trinajstić information content (AvgIpc) is 2.72. The molecule has 0 aliphatic rings. The van der Waals surface area contributed by atoms with Crippen molar-refractivity contribution in [2.45, 2.75) is 19.9 Å². The first-order chi connectivity index (χ1) is 13.9. The molecular formula is C22H28N4O3. The minimum Gasteiger partial charge on any atom is -0.355 e. The molecule has 0 saturated heterocycles. The molecule has 0 bridgehead atoms. The summed E-state index contributed by atoms with van der Waals surface area (Å²) in [5.41, 5.74) is 3.40. The molecule has 0 radical (unpaired) electrons. The number of para-hydroxylation sites is 1. The van der Waals surface area contributed by atoms with E-state index < -0.39 is 0 Å². The van der Waals surface area contributed by atoms with Crippen molar-refractivity contribution in [2.75, 3.05) is 32.5 Å². The van der Waals surface area contributed by atoms with Crippen LogP contribution < -0.4 is 16.0 Å². The summed E-state index contributed by atoms with van der Waals surface area (Å²) in [6, 6.07) is 14.8. The molecule has 0 fully saturated rings. The molecule has 0 saturated carbocycles. The zero-order valence-electron chi connectivity index (χ0n) is 17.1. The minimum absolute atomic E-state index is 0.0778. The van der Waals surface area contributed by atoms with Crippen LogP contribution in [0.1, 0.15) is 28.4 Å². The number of aryl methyl sites for hydroxylation is 1. The molecule has 0 aliphatic carbocycles. The van der Waals surface area contributed by atoms with Gasteiger partial charge in [0.05, 0.1) is 13.1 Å². The van der Waals surface area contributed by atoms with E-state index in [0.717, 1.165) is 23.2 Å². The Morgan fingerprint density at radius 1 is 0.966 bits per heavy atom. The standard InChI is InChI=1S/C22H28N4O3/c1-4-17-7-5-6-8-19(17)25-20(27)13-24-21(28)15-26(3)14-16-9-11-18(12-10-16)22(29)23-2/h5-12H,4,13-15H2,1-3H3,(H,23,29)(H,24,28)(H,25,27). The first-order valence-electron chi connectivity index (χ1n) is 9.57. The second-order valence-corrected chi connectivity index (χ2v) is 6.78. The maximum Gasteiger partial charge on any atom is 0.251 e. The van der Waals surface area contributed by atoms with Gasteiger partial charge in [-0.15, -0.1) is 0 Å². The van der Waals surface area contributed by atoms with E-state index in [9.17, 15) is 14.4 Å². The summed E-state index contributed by atoms with van der Waals surface area (Å²) in [5.74, 6) is -0.621. The summed E-state index contributed by atoms with van der Waals surface area (Å²) in [7, 11) is 3.41. The number of carbonyl (C=O) groups is 3. The third-order valence-corrected chi connectivity index (χ3v) is 4.43. The summed E-state index contributed by atoms with van der Waals surface area (Å²) in [5, 5.41) is 8.05. The second-order valence-electron chi connectivity index (χ2n) is 6.78. The summed E-state index contributed by atoms with van der Waals surface area (Å²) in [6.45, 7) is 2.66. The molecule has 7 nitrogen and oxygen atoms in total. The molecule has 7 heteroatoms. The molecule has 2 rings (SSSR count). The zero-order valence-corrected chi connectivity index (χ0v) is 17.1. The van der Waals surface area contributed by atoms with Gasteiger partial charge in [0.2, 0.25) is 11.8 Å². The molecular weight excluding hydrogens is 368 g/mol. The summed E-state index contributed by atoms with van der Waals surface area (Å²) >= 11 is 0. The van der Waals surface area contributed by atoms with E-state index in [-0.39, 0.29) is 30.8 Å². The van der Waals surface area contributed by atoms with Gasteiger partial charge < -0.3 is 16.0 Å². The van der Waals surface area contributed by atoms with E-state index >= 15 is 0 Å². The fraction of sp³-hybridized carbons (Fsp3) is 0.318. The smallest absolute Gasteiger partial charge is 0.251 e. The van der Waals surface area contributed by atoms with Crippen molar-refractivity contribution < 1.29 is 14.4 Å². The Morgan fingerprint density at radius 3 is 2.31 bits per heavy atom.